The number of rotatable bonds is 3. The third kappa shape index (κ3) is 1.91. The van der Waals surface area contributed by atoms with E-state index < -0.39 is 0 Å². The van der Waals surface area contributed by atoms with Crippen LogP contribution in [0.5, 0.6) is 0 Å². The Balaban J connectivity index is 2.31. The quantitative estimate of drug-likeness (QED) is 0.787. The molecule has 0 saturated heterocycles. The maximum atomic E-state index is 8.69. The molecule has 14 heavy (non-hydrogen) atoms. The summed E-state index contributed by atoms with van der Waals surface area (Å²) in [6, 6.07) is 5.88. The van der Waals surface area contributed by atoms with Crippen molar-refractivity contribution in [3.63, 3.8) is 0 Å². The number of aromatic nitrogens is 1. The summed E-state index contributed by atoms with van der Waals surface area (Å²) in [4.78, 5) is 5.31. The third-order valence-electron chi connectivity index (χ3n) is 1.83. The highest BCUT2D eigenvalue weighted by molar-refractivity contribution is 7.99. The number of oxazole rings is 1. The van der Waals surface area contributed by atoms with Crippen LogP contribution in [0, 0.1) is 6.92 Å². The molecule has 0 aliphatic heterocycles. The zero-order valence-electron chi connectivity index (χ0n) is 7.86. The van der Waals surface area contributed by atoms with E-state index in [0.717, 1.165) is 16.0 Å². The molecule has 0 radical (unpaired) electrons. The molecule has 0 amide bonds. The first kappa shape index (κ1) is 9.55. The van der Waals surface area contributed by atoms with E-state index in [4.69, 9.17) is 9.52 Å². The number of fused-ring (bicyclic) bond motifs is 1. The van der Waals surface area contributed by atoms with Gasteiger partial charge in [0.1, 0.15) is 5.52 Å². The summed E-state index contributed by atoms with van der Waals surface area (Å²) in [7, 11) is 0. The molecule has 0 unspecified atom stereocenters. The van der Waals surface area contributed by atoms with Crippen molar-refractivity contribution in [2.75, 3.05) is 12.4 Å². The van der Waals surface area contributed by atoms with Gasteiger partial charge in [-0.05, 0) is 18.2 Å². The molecule has 2 aromatic rings. The maximum Gasteiger partial charge on any atom is 0.192 e. The van der Waals surface area contributed by atoms with Crippen LogP contribution in [0.3, 0.4) is 0 Å². The predicted octanol–water partition coefficient (Wildman–Crippen LogP) is 2.22. The van der Waals surface area contributed by atoms with E-state index in [1.54, 1.807) is 11.8 Å². The second-order valence-electron chi connectivity index (χ2n) is 2.93. The van der Waals surface area contributed by atoms with Crippen LogP contribution in [0.4, 0.5) is 0 Å². The highest BCUT2D eigenvalue weighted by Gasteiger charge is 2.02. The Bertz CT molecular complexity index is 439. The Hall–Kier alpha value is -1.00. The summed E-state index contributed by atoms with van der Waals surface area (Å²) < 4.78 is 5.40. The molecule has 0 atom stereocenters. The van der Waals surface area contributed by atoms with Gasteiger partial charge in [-0.1, -0.05) is 0 Å². The van der Waals surface area contributed by atoms with Crippen LogP contribution in [0.15, 0.2) is 27.5 Å². The molecule has 0 bridgehead atoms. The van der Waals surface area contributed by atoms with Crippen molar-refractivity contribution in [3.8, 4) is 0 Å². The third-order valence-corrected chi connectivity index (χ3v) is 2.80. The van der Waals surface area contributed by atoms with Crippen LogP contribution < -0.4 is 0 Å². The first-order chi connectivity index (χ1) is 6.79. The van der Waals surface area contributed by atoms with E-state index in [-0.39, 0.29) is 6.61 Å². The molecule has 4 heteroatoms. The fraction of sp³-hybridized carbons (Fsp3) is 0.300. The Labute approximate surface area is 86.1 Å². The van der Waals surface area contributed by atoms with Crippen molar-refractivity contribution < 1.29 is 9.52 Å². The van der Waals surface area contributed by atoms with Gasteiger partial charge >= 0.3 is 0 Å². The van der Waals surface area contributed by atoms with Gasteiger partial charge in [0, 0.05) is 17.6 Å². The highest BCUT2D eigenvalue weighted by Crippen LogP contribution is 2.23. The minimum absolute atomic E-state index is 0.193. The fourth-order valence-corrected chi connectivity index (χ4v) is 1.96. The van der Waals surface area contributed by atoms with Crippen molar-refractivity contribution in [3.05, 3.63) is 24.1 Å². The number of aliphatic hydroxyl groups excluding tert-OH is 1. The molecule has 1 aromatic carbocycles. The van der Waals surface area contributed by atoms with Gasteiger partial charge in [-0.25, -0.2) is 4.98 Å². The lowest BCUT2D eigenvalue weighted by atomic mass is 10.3. The molecule has 3 nitrogen and oxygen atoms in total. The number of benzene rings is 1. The maximum absolute atomic E-state index is 8.69. The molecule has 1 heterocycles. The molecule has 0 spiro atoms. The van der Waals surface area contributed by atoms with Gasteiger partial charge in [0.2, 0.25) is 0 Å². The lowest BCUT2D eigenvalue weighted by molar-refractivity contribution is 0.322. The molecule has 0 fully saturated rings. The molecular formula is C10H11NO2S. The number of aryl methyl sites for hydroxylation is 1. The Morgan fingerprint density at radius 1 is 1.50 bits per heavy atom. The smallest absolute Gasteiger partial charge is 0.192 e. The minimum Gasteiger partial charge on any atom is -0.441 e. The van der Waals surface area contributed by atoms with Gasteiger partial charge in [-0.2, -0.15) is 0 Å². The summed E-state index contributed by atoms with van der Waals surface area (Å²) in [6.07, 6.45) is 0. The summed E-state index contributed by atoms with van der Waals surface area (Å²) in [5.41, 5.74) is 1.70. The molecule has 74 valence electrons. The average molecular weight is 209 g/mol. The Morgan fingerprint density at radius 2 is 2.36 bits per heavy atom. The summed E-state index contributed by atoms with van der Waals surface area (Å²) in [6.45, 7) is 2.03. The molecule has 0 saturated carbocycles. The molecule has 2 rings (SSSR count). The van der Waals surface area contributed by atoms with Gasteiger partial charge in [-0.3, -0.25) is 0 Å². The lowest BCUT2D eigenvalue weighted by Crippen LogP contribution is -1.84. The minimum atomic E-state index is 0.193. The zero-order valence-corrected chi connectivity index (χ0v) is 8.67. The summed E-state index contributed by atoms with van der Waals surface area (Å²) in [5.74, 6) is 1.39. The Morgan fingerprint density at radius 3 is 3.14 bits per heavy atom. The van der Waals surface area contributed by atoms with Gasteiger partial charge in [0.15, 0.2) is 11.5 Å². The van der Waals surface area contributed by atoms with Gasteiger partial charge < -0.3 is 9.52 Å². The number of thioether (sulfide) groups is 1. The molecule has 0 aliphatic rings. The monoisotopic (exact) mass is 209 g/mol. The molecule has 0 aliphatic carbocycles. The van der Waals surface area contributed by atoms with E-state index in [1.807, 2.05) is 25.1 Å². The standard InChI is InChI=1S/C10H11NO2S/c1-7-11-9-3-2-8(14-5-4-12)6-10(9)13-7/h2-3,6,12H,4-5H2,1H3. The number of hydrogen-bond acceptors (Lipinski definition) is 4. The van der Waals surface area contributed by atoms with Crippen LogP contribution in [0.2, 0.25) is 0 Å². The first-order valence-electron chi connectivity index (χ1n) is 4.40. The zero-order chi connectivity index (χ0) is 9.97. The van der Waals surface area contributed by atoms with Crippen LogP contribution >= 0.6 is 11.8 Å². The first-order valence-corrected chi connectivity index (χ1v) is 5.39. The SMILES string of the molecule is Cc1nc2ccc(SCCO)cc2o1. The van der Waals surface area contributed by atoms with Crippen molar-refractivity contribution >= 4 is 22.9 Å². The van der Waals surface area contributed by atoms with Gasteiger partial charge in [-0.15, -0.1) is 11.8 Å². The van der Waals surface area contributed by atoms with Crippen LogP contribution in [-0.2, 0) is 0 Å². The van der Waals surface area contributed by atoms with E-state index in [2.05, 4.69) is 4.98 Å². The fourth-order valence-electron chi connectivity index (χ4n) is 1.27. The summed E-state index contributed by atoms with van der Waals surface area (Å²) >= 11 is 1.61. The van der Waals surface area contributed by atoms with Crippen LogP contribution in [0.1, 0.15) is 5.89 Å². The van der Waals surface area contributed by atoms with Crippen molar-refractivity contribution in [2.24, 2.45) is 0 Å². The molecule has 1 aromatic heterocycles. The van der Waals surface area contributed by atoms with Crippen LogP contribution in [0.25, 0.3) is 11.1 Å². The average Bonchev–Trinajstić information content (AvgIpc) is 2.54. The highest BCUT2D eigenvalue weighted by atomic mass is 32.2. The topological polar surface area (TPSA) is 46.3 Å². The van der Waals surface area contributed by atoms with Crippen LogP contribution in [-0.4, -0.2) is 22.5 Å². The van der Waals surface area contributed by atoms with E-state index in [1.165, 1.54) is 0 Å². The van der Waals surface area contributed by atoms with Gasteiger partial charge in [0.25, 0.3) is 0 Å². The predicted molar refractivity (Wildman–Crippen MR) is 56.6 cm³/mol. The van der Waals surface area contributed by atoms with Gasteiger partial charge in [0.05, 0.1) is 6.61 Å². The number of aliphatic hydroxyl groups is 1. The number of nitrogens with zero attached hydrogens (tertiary/aromatic N) is 1. The lowest BCUT2D eigenvalue weighted by Gasteiger charge is -1.97. The van der Waals surface area contributed by atoms with Crippen molar-refractivity contribution in [1.82, 2.24) is 4.98 Å². The summed E-state index contributed by atoms with van der Waals surface area (Å²) in [5, 5.41) is 8.69. The molecular weight excluding hydrogens is 198 g/mol. The second-order valence-corrected chi connectivity index (χ2v) is 4.10. The van der Waals surface area contributed by atoms with E-state index in [9.17, 15) is 0 Å². The second kappa shape index (κ2) is 4.02. The van der Waals surface area contributed by atoms with Crippen molar-refractivity contribution in [2.45, 2.75) is 11.8 Å². The largest absolute Gasteiger partial charge is 0.441 e. The van der Waals surface area contributed by atoms with E-state index >= 15 is 0 Å². The number of hydrogen-bond donors (Lipinski definition) is 1. The normalized spacial score (nSPS) is 11.0. The van der Waals surface area contributed by atoms with E-state index in [0.29, 0.717) is 11.6 Å². The van der Waals surface area contributed by atoms with Crippen molar-refractivity contribution in [1.29, 1.82) is 0 Å². The Kier molecular flexibility index (Phi) is 2.74. The molecule has 1 N–H and O–H groups in total.